The van der Waals surface area contributed by atoms with E-state index < -0.39 is 12.0 Å². The molecule has 1 rings (SSSR count). The van der Waals surface area contributed by atoms with Gasteiger partial charge in [0.25, 0.3) is 0 Å². The maximum Gasteiger partial charge on any atom is 0.329 e. The molecule has 1 aromatic carbocycles. The zero-order chi connectivity index (χ0) is 21.8. The first kappa shape index (κ1) is 24.8. The zero-order valence-corrected chi connectivity index (χ0v) is 18.8. The highest BCUT2D eigenvalue weighted by molar-refractivity contribution is 6.30. The third-order valence-electron chi connectivity index (χ3n) is 4.47. The van der Waals surface area contributed by atoms with Gasteiger partial charge < -0.3 is 14.4 Å². The Morgan fingerprint density at radius 2 is 1.79 bits per heavy atom. The highest BCUT2D eigenvalue weighted by Gasteiger charge is 2.28. The van der Waals surface area contributed by atoms with Gasteiger partial charge in [0.15, 0.2) is 0 Å². The molecule has 160 valence electrons. The minimum absolute atomic E-state index is 0.0523. The van der Waals surface area contributed by atoms with E-state index in [1.165, 1.54) is 18.3 Å². The van der Waals surface area contributed by atoms with Crippen LogP contribution in [0.15, 0.2) is 47.6 Å². The first-order valence-electron chi connectivity index (χ1n) is 9.83. The van der Waals surface area contributed by atoms with E-state index in [0.29, 0.717) is 17.1 Å². The van der Waals surface area contributed by atoms with Crippen molar-refractivity contribution in [1.29, 1.82) is 0 Å². The van der Waals surface area contributed by atoms with Crippen molar-refractivity contribution in [3.05, 3.63) is 52.6 Å². The van der Waals surface area contributed by atoms with Gasteiger partial charge in [0.05, 0.1) is 7.11 Å². The van der Waals surface area contributed by atoms with Gasteiger partial charge >= 0.3 is 11.9 Å². The highest BCUT2D eigenvalue weighted by Crippen LogP contribution is 2.22. The van der Waals surface area contributed by atoms with E-state index >= 15 is 0 Å². The standard InChI is InChI=1S/C23H32ClNO4/c1-6-21(23(27)29-15-14-18(4)9-7-8-17(2)3)25(16-22(26)28-5)20-12-10-19(24)11-13-20/h8,10-14,21H,6-7,9,15-16H2,1-5H3/b18-14+/t21-/m1/s1. The van der Waals surface area contributed by atoms with E-state index in [9.17, 15) is 9.59 Å². The summed E-state index contributed by atoms with van der Waals surface area (Å²) in [4.78, 5) is 26.3. The second-order valence-corrected chi connectivity index (χ2v) is 7.54. The lowest BCUT2D eigenvalue weighted by atomic mass is 10.1. The SMILES string of the molecule is CC[C@H](C(=O)OC/C=C(\C)CCC=C(C)C)N(CC(=O)OC)c1ccc(Cl)cc1. The molecule has 0 saturated carbocycles. The number of anilines is 1. The molecule has 5 nitrogen and oxygen atoms in total. The Morgan fingerprint density at radius 3 is 2.34 bits per heavy atom. The summed E-state index contributed by atoms with van der Waals surface area (Å²) in [6.45, 7) is 8.22. The maximum absolute atomic E-state index is 12.7. The summed E-state index contributed by atoms with van der Waals surface area (Å²) in [7, 11) is 1.32. The first-order valence-corrected chi connectivity index (χ1v) is 10.2. The van der Waals surface area contributed by atoms with Crippen LogP contribution in [-0.2, 0) is 19.1 Å². The van der Waals surface area contributed by atoms with Crippen LogP contribution in [0.5, 0.6) is 0 Å². The van der Waals surface area contributed by atoms with Gasteiger partial charge in [0, 0.05) is 10.7 Å². The van der Waals surface area contributed by atoms with Crippen LogP contribution in [0.1, 0.15) is 47.0 Å². The van der Waals surface area contributed by atoms with Crippen molar-refractivity contribution in [2.45, 2.75) is 53.0 Å². The van der Waals surface area contributed by atoms with E-state index in [1.54, 1.807) is 29.2 Å². The number of esters is 2. The topological polar surface area (TPSA) is 55.8 Å². The Balaban J connectivity index is 2.82. The van der Waals surface area contributed by atoms with Crippen LogP contribution in [0.3, 0.4) is 0 Å². The Morgan fingerprint density at radius 1 is 1.14 bits per heavy atom. The van der Waals surface area contributed by atoms with E-state index in [2.05, 4.69) is 19.9 Å². The summed E-state index contributed by atoms with van der Waals surface area (Å²) < 4.78 is 10.3. The van der Waals surface area contributed by atoms with Crippen LogP contribution >= 0.6 is 11.6 Å². The zero-order valence-electron chi connectivity index (χ0n) is 18.0. The lowest BCUT2D eigenvalue weighted by Crippen LogP contribution is -2.45. The number of rotatable bonds is 11. The van der Waals surface area contributed by atoms with Gasteiger partial charge in [0.2, 0.25) is 0 Å². The molecular weight excluding hydrogens is 390 g/mol. The van der Waals surface area contributed by atoms with Crippen LogP contribution in [0.25, 0.3) is 0 Å². The Hall–Kier alpha value is -2.27. The number of hydrogen-bond donors (Lipinski definition) is 0. The third kappa shape index (κ3) is 9.18. The van der Waals surface area contributed by atoms with Crippen molar-refractivity contribution in [1.82, 2.24) is 0 Å². The molecule has 0 fully saturated rings. The number of benzene rings is 1. The largest absolute Gasteiger partial charge is 0.468 e. The van der Waals surface area contributed by atoms with Crippen LogP contribution in [0, 0.1) is 0 Å². The van der Waals surface area contributed by atoms with Gasteiger partial charge in [-0.15, -0.1) is 0 Å². The Bertz CT molecular complexity index is 721. The first-order chi connectivity index (χ1) is 13.8. The molecule has 0 bridgehead atoms. The molecule has 29 heavy (non-hydrogen) atoms. The summed E-state index contributed by atoms with van der Waals surface area (Å²) >= 11 is 5.97. The fourth-order valence-corrected chi connectivity index (χ4v) is 2.91. The summed E-state index contributed by atoms with van der Waals surface area (Å²) in [6, 6.07) is 6.38. The summed E-state index contributed by atoms with van der Waals surface area (Å²) in [5.74, 6) is -0.805. The Kier molecular flexibility index (Phi) is 11.1. The molecule has 0 spiro atoms. The molecule has 1 aromatic rings. The third-order valence-corrected chi connectivity index (χ3v) is 4.72. The fourth-order valence-electron chi connectivity index (χ4n) is 2.78. The van der Waals surface area contributed by atoms with Crippen molar-refractivity contribution in [3.63, 3.8) is 0 Å². The monoisotopic (exact) mass is 421 g/mol. The van der Waals surface area contributed by atoms with Gasteiger partial charge in [-0.25, -0.2) is 4.79 Å². The summed E-state index contributed by atoms with van der Waals surface area (Å²) in [6.07, 6.45) is 6.50. The predicted molar refractivity (Wildman–Crippen MR) is 118 cm³/mol. The lowest BCUT2D eigenvalue weighted by molar-refractivity contribution is -0.144. The van der Waals surface area contributed by atoms with E-state index in [-0.39, 0.29) is 19.1 Å². The second-order valence-electron chi connectivity index (χ2n) is 7.11. The minimum Gasteiger partial charge on any atom is -0.468 e. The molecule has 0 heterocycles. The van der Waals surface area contributed by atoms with Crippen LogP contribution in [0.4, 0.5) is 5.69 Å². The van der Waals surface area contributed by atoms with E-state index in [4.69, 9.17) is 21.1 Å². The molecule has 0 radical (unpaired) electrons. The number of carbonyl (C=O) groups excluding carboxylic acids is 2. The minimum atomic E-state index is -0.602. The number of hydrogen-bond acceptors (Lipinski definition) is 5. The second kappa shape index (κ2) is 13.0. The van der Waals surface area contributed by atoms with Crippen molar-refractivity contribution in [2.75, 3.05) is 25.2 Å². The average Bonchev–Trinajstić information content (AvgIpc) is 2.68. The van der Waals surface area contributed by atoms with Crippen molar-refractivity contribution < 1.29 is 19.1 Å². The molecule has 0 aliphatic rings. The number of allylic oxidation sites excluding steroid dienone is 3. The van der Waals surface area contributed by atoms with Gasteiger partial charge in [-0.3, -0.25) is 4.79 Å². The lowest BCUT2D eigenvalue weighted by Gasteiger charge is -2.30. The number of halogens is 1. The van der Waals surface area contributed by atoms with Crippen molar-refractivity contribution in [2.24, 2.45) is 0 Å². The molecule has 0 aromatic heterocycles. The average molecular weight is 422 g/mol. The van der Waals surface area contributed by atoms with Crippen LogP contribution in [0.2, 0.25) is 5.02 Å². The molecule has 0 N–H and O–H groups in total. The van der Waals surface area contributed by atoms with Crippen molar-refractivity contribution >= 4 is 29.2 Å². The maximum atomic E-state index is 12.7. The number of ether oxygens (including phenoxy) is 2. The van der Waals surface area contributed by atoms with Crippen LogP contribution in [-0.4, -0.2) is 38.2 Å². The molecule has 0 aliphatic heterocycles. The Labute approximate surface area is 179 Å². The van der Waals surface area contributed by atoms with Gasteiger partial charge in [-0.05, 0) is 70.4 Å². The highest BCUT2D eigenvalue weighted by atomic mass is 35.5. The van der Waals surface area contributed by atoms with E-state index in [0.717, 1.165) is 12.8 Å². The molecule has 0 amide bonds. The normalized spacial score (nSPS) is 12.1. The van der Waals surface area contributed by atoms with Crippen molar-refractivity contribution in [3.8, 4) is 0 Å². The van der Waals surface area contributed by atoms with E-state index in [1.807, 2.05) is 19.9 Å². The number of carbonyl (C=O) groups is 2. The quantitative estimate of drug-likeness (QED) is 0.357. The van der Waals surface area contributed by atoms with Gasteiger partial charge in [0.1, 0.15) is 19.2 Å². The van der Waals surface area contributed by atoms with Gasteiger partial charge in [-0.2, -0.15) is 0 Å². The van der Waals surface area contributed by atoms with Gasteiger partial charge in [-0.1, -0.05) is 35.7 Å². The molecule has 0 unspecified atom stereocenters. The molecule has 6 heteroatoms. The summed E-state index contributed by atoms with van der Waals surface area (Å²) in [5.41, 5.74) is 3.17. The molecule has 0 saturated heterocycles. The molecular formula is C23H32ClNO4. The molecule has 0 aliphatic carbocycles. The predicted octanol–water partition coefficient (Wildman–Crippen LogP) is 5.33. The smallest absolute Gasteiger partial charge is 0.329 e. The number of methoxy groups -OCH3 is 1. The van der Waals surface area contributed by atoms with Crippen LogP contribution < -0.4 is 4.90 Å². The summed E-state index contributed by atoms with van der Waals surface area (Å²) in [5, 5.41) is 0.580. The number of nitrogens with zero attached hydrogens (tertiary/aromatic N) is 1. The molecule has 1 atom stereocenters. The fraction of sp³-hybridized carbons (Fsp3) is 0.478.